The number of aromatic nitrogens is 3. The van der Waals surface area contributed by atoms with E-state index in [4.69, 9.17) is 4.84 Å². The Balaban J connectivity index is 1.75. The number of benzene rings is 1. The zero-order valence-electron chi connectivity index (χ0n) is 14.0. The van der Waals surface area contributed by atoms with Crippen LogP contribution < -0.4 is 0 Å². The lowest BCUT2D eigenvalue weighted by atomic mass is 10.1. The van der Waals surface area contributed by atoms with Gasteiger partial charge in [-0.2, -0.15) is 18.3 Å². The molecule has 1 aromatic carbocycles. The topological polar surface area (TPSA) is 93.9 Å². The summed E-state index contributed by atoms with van der Waals surface area (Å²) in [6.45, 7) is 1.46. The van der Waals surface area contributed by atoms with E-state index >= 15 is 0 Å². The third kappa shape index (κ3) is 2.59. The summed E-state index contributed by atoms with van der Waals surface area (Å²) in [5, 5.41) is 3.83. The lowest BCUT2D eigenvalue weighted by Crippen LogP contribution is -2.33. The molecule has 0 saturated carbocycles. The Morgan fingerprint density at radius 2 is 1.71 bits per heavy atom. The minimum absolute atomic E-state index is 0.0207. The van der Waals surface area contributed by atoms with Crippen LogP contribution in [0.15, 0.2) is 36.5 Å². The second-order valence-electron chi connectivity index (χ2n) is 5.90. The molecule has 28 heavy (non-hydrogen) atoms. The maximum Gasteiger partial charge on any atom is 0.434 e. The molecule has 0 saturated heterocycles. The average molecular weight is 390 g/mol. The van der Waals surface area contributed by atoms with E-state index in [-0.39, 0.29) is 27.5 Å². The monoisotopic (exact) mass is 390 g/mol. The molecular formula is C17H9F3N4O4. The number of rotatable bonds is 2. The number of imide groups is 1. The van der Waals surface area contributed by atoms with E-state index in [1.807, 2.05) is 0 Å². The molecule has 11 heteroatoms. The van der Waals surface area contributed by atoms with Gasteiger partial charge < -0.3 is 4.84 Å². The minimum atomic E-state index is -4.98. The van der Waals surface area contributed by atoms with Crippen LogP contribution in [0, 0.1) is 6.92 Å². The first-order chi connectivity index (χ1) is 13.2. The molecule has 0 N–H and O–H groups in total. The molecule has 0 fully saturated rings. The van der Waals surface area contributed by atoms with Crippen molar-refractivity contribution in [1.29, 1.82) is 0 Å². The highest BCUT2D eigenvalue weighted by atomic mass is 19.4. The van der Waals surface area contributed by atoms with Crippen molar-refractivity contribution < 1.29 is 32.4 Å². The highest BCUT2D eigenvalue weighted by molar-refractivity contribution is 6.21. The van der Waals surface area contributed by atoms with Gasteiger partial charge in [-0.1, -0.05) is 17.2 Å². The van der Waals surface area contributed by atoms with Crippen LogP contribution in [0.3, 0.4) is 0 Å². The molecule has 0 spiro atoms. The third-order valence-electron chi connectivity index (χ3n) is 4.02. The van der Waals surface area contributed by atoms with E-state index in [0.717, 1.165) is 0 Å². The van der Waals surface area contributed by atoms with Gasteiger partial charge in [0, 0.05) is 12.3 Å². The number of hydrogen-bond donors (Lipinski definition) is 0. The van der Waals surface area contributed by atoms with Gasteiger partial charge in [-0.3, -0.25) is 9.59 Å². The van der Waals surface area contributed by atoms with Crippen LogP contribution in [-0.4, -0.2) is 37.4 Å². The zero-order valence-corrected chi connectivity index (χ0v) is 14.0. The fourth-order valence-electron chi connectivity index (χ4n) is 2.85. The summed E-state index contributed by atoms with van der Waals surface area (Å²) in [7, 11) is 0. The molecule has 0 unspecified atom stereocenters. The predicted molar refractivity (Wildman–Crippen MR) is 85.1 cm³/mol. The number of halogens is 3. The van der Waals surface area contributed by atoms with Gasteiger partial charge in [0.05, 0.1) is 16.8 Å². The van der Waals surface area contributed by atoms with Gasteiger partial charge in [-0.25, -0.2) is 14.3 Å². The van der Waals surface area contributed by atoms with Crippen molar-refractivity contribution in [3.63, 3.8) is 0 Å². The van der Waals surface area contributed by atoms with Crippen molar-refractivity contribution >= 4 is 23.4 Å². The van der Waals surface area contributed by atoms with Crippen molar-refractivity contribution in [2.24, 2.45) is 0 Å². The molecule has 8 nitrogen and oxygen atoms in total. The van der Waals surface area contributed by atoms with Gasteiger partial charge in [0.25, 0.3) is 11.8 Å². The zero-order chi connectivity index (χ0) is 20.2. The number of hydroxylamine groups is 2. The van der Waals surface area contributed by atoms with Gasteiger partial charge in [-0.05, 0) is 19.1 Å². The Bertz CT molecular complexity index is 1130. The van der Waals surface area contributed by atoms with Gasteiger partial charge in [-0.15, -0.1) is 0 Å². The largest absolute Gasteiger partial charge is 0.434 e. The Kier molecular flexibility index (Phi) is 3.70. The molecule has 3 aromatic rings. The van der Waals surface area contributed by atoms with E-state index in [0.29, 0.717) is 10.7 Å². The summed E-state index contributed by atoms with van der Waals surface area (Å²) >= 11 is 0. The molecule has 0 aliphatic carbocycles. The van der Waals surface area contributed by atoms with Crippen molar-refractivity contribution in [3.8, 4) is 0 Å². The standard InChI is InChI=1S/C17H9F3N4O4/c1-8-6-12-21-7-11(13(17(18,19)20)23(12)22-8)16(27)28-24-14(25)9-4-2-3-5-10(9)15(24)26/h2-7H,1H3. The van der Waals surface area contributed by atoms with Gasteiger partial charge in [0.15, 0.2) is 11.3 Å². The highest BCUT2D eigenvalue weighted by Crippen LogP contribution is 2.33. The molecule has 1 aliphatic heterocycles. The number of hydrogen-bond acceptors (Lipinski definition) is 6. The van der Waals surface area contributed by atoms with Crippen LogP contribution in [0.1, 0.15) is 42.5 Å². The Morgan fingerprint density at radius 3 is 2.29 bits per heavy atom. The maximum absolute atomic E-state index is 13.6. The summed E-state index contributed by atoms with van der Waals surface area (Å²) < 4.78 is 41.2. The SMILES string of the molecule is Cc1cc2ncc(C(=O)ON3C(=O)c4ccccc4C3=O)c(C(F)(F)F)n2n1. The van der Waals surface area contributed by atoms with Gasteiger partial charge in [0.2, 0.25) is 0 Å². The Hall–Kier alpha value is -3.76. The van der Waals surface area contributed by atoms with Crippen LogP contribution in [-0.2, 0) is 11.0 Å². The number of alkyl halides is 3. The van der Waals surface area contributed by atoms with Crippen LogP contribution in [0.25, 0.3) is 5.65 Å². The molecular weight excluding hydrogens is 381 g/mol. The molecule has 142 valence electrons. The van der Waals surface area contributed by atoms with Crippen LogP contribution in [0.4, 0.5) is 13.2 Å². The number of fused-ring (bicyclic) bond motifs is 2. The molecule has 3 heterocycles. The lowest BCUT2D eigenvalue weighted by Gasteiger charge is -2.16. The fraction of sp³-hybridized carbons (Fsp3) is 0.118. The predicted octanol–water partition coefficient (Wildman–Crippen LogP) is 2.42. The smallest absolute Gasteiger partial charge is 0.324 e. The molecule has 0 bridgehead atoms. The Labute approximate surface area is 154 Å². The molecule has 4 rings (SSSR count). The summed E-state index contributed by atoms with van der Waals surface area (Å²) in [6.07, 6.45) is -4.31. The minimum Gasteiger partial charge on any atom is -0.324 e. The van der Waals surface area contributed by atoms with Gasteiger partial charge in [0.1, 0.15) is 5.56 Å². The summed E-state index contributed by atoms with van der Waals surface area (Å²) in [6, 6.07) is 6.97. The normalized spacial score (nSPS) is 13.9. The van der Waals surface area contributed by atoms with E-state index < -0.39 is 35.2 Å². The molecule has 0 radical (unpaired) electrons. The van der Waals surface area contributed by atoms with E-state index in [1.165, 1.54) is 37.3 Å². The first-order valence-electron chi connectivity index (χ1n) is 7.81. The summed E-state index contributed by atoms with van der Waals surface area (Å²) in [5.41, 5.74) is -2.32. The van der Waals surface area contributed by atoms with Crippen molar-refractivity contribution in [1.82, 2.24) is 19.7 Å². The van der Waals surface area contributed by atoms with Crippen LogP contribution in [0.5, 0.6) is 0 Å². The lowest BCUT2D eigenvalue weighted by molar-refractivity contribution is -0.143. The second-order valence-corrected chi connectivity index (χ2v) is 5.90. The number of nitrogens with zero attached hydrogens (tertiary/aromatic N) is 4. The second kappa shape index (κ2) is 5.87. The number of carbonyl (C=O) groups is 3. The van der Waals surface area contributed by atoms with Gasteiger partial charge >= 0.3 is 12.1 Å². The number of amides is 2. The van der Waals surface area contributed by atoms with Crippen LogP contribution >= 0.6 is 0 Å². The Morgan fingerprint density at radius 1 is 1.11 bits per heavy atom. The number of carbonyl (C=O) groups excluding carboxylic acids is 3. The van der Waals surface area contributed by atoms with Crippen LogP contribution in [0.2, 0.25) is 0 Å². The quantitative estimate of drug-likeness (QED) is 0.624. The highest BCUT2D eigenvalue weighted by Gasteiger charge is 2.43. The van der Waals surface area contributed by atoms with Crippen molar-refractivity contribution in [2.45, 2.75) is 13.1 Å². The maximum atomic E-state index is 13.6. The third-order valence-corrected chi connectivity index (χ3v) is 4.02. The number of aryl methyl sites for hydroxylation is 1. The average Bonchev–Trinajstić information content (AvgIpc) is 3.12. The molecule has 0 atom stereocenters. The van der Waals surface area contributed by atoms with E-state index in [1.54, 1.807) is 0 Å². The fourth-order valence-corrected chi connectivity index (χ4v) is 2.85. The first-order valence-corrected chi connectivity index (χ1v) is 7.81. The molecule has 2 amide bonds. The van der Waals surface area contributed by atoms with E-state index in [2.05, 4.69) is 10.1 Å². The summed E-state index contributed by atoms with van der Waals surface area (Å²) in [4.78, 5) is 45.4. The molecule has 2 aromatic heterocycles. The van der Waals surface area contributed by atoms with E-state index in [9.17, 15) is 27.6 Å². The first kappa shape index (κ1) is 17.6. The molecule has 1 aliphatic rings. The van der Waals surface area contributed by atoms with Crippen molar-refractivity contribution in [3.05, 3.63) is 64.6 Å². The summed E-state index contributed by atoms with van der Waals surface area (Å²) in [5.74, 6) is -3.47. The van der Waals surface area contributed by atoms with Crippen molar-refractivity contribution in [2.75, 3.05) is 0 Å².